The van der Waals surface area contributed by atoms with Gasteiger partial charge in [-0.1, -0.05) is 36.4 Å². The third kappa shape index (κ3) is 4.74. The Morgan fingerprint density at radius 2 is 1.92 bits per heavy atom. The molecule has 0 radical (unpaired) electrons. The van der Waals surface area contributed by atoms with Crippen LogP contribution in [0.3, 0.4) is 0 Å². The van der Waals surface area contributed by atoms with E-state index in [4.69, 9.17) is 0 Å². The lowest BCUT2D eigenvalue weighted by atomic mass is 10.1. The SMILES string of the molecule is Cc1csc(NC(=O)C(Cc2ccccc2)NC(=O)c2cccs2)n1. The predicted octanol–water partition coefficient (Wildman–Crippen LogP) is 3.49. The van der Waals surface area contributed by atoms with Crippen LogP contribution in [0, 0.1) is 6.92 Å². The summed E-state index contributed by atoms with van der Waals surface area (Å²) >= 11 is 2.71. The number of nitrogens with zero attached hydrogens (tertiary/aromatic N) is 1. The second kappa shape index (κ2) is 8.04. The molecule has 1 aromatic carbocycles. The van der Waals surface area contributed by atoms with Crippen LogP contribution in [0.4, 0.5) is 5.13 Å². The number of carbonyl (C=O) groups is 2. The maximum Gasteiger partial charge on any atom is 0.262 e. The number of amides is 2. The normalized spacial score (nSPS) is 11.7. The lowest BCUT2D eigenvalue weighted by molar-refractivity contribution is -0.118. The van der Waals surface area contributed by atoms with Crippen molar-refractivity contribution in [1.29, 1.82) is 0 Å². The third-order valence-electron chi connectivity index (χ3n) is 3.50. The first-order valence-electron chi connectivity index (χ1n) is 7.73. The summed E-state index contributed by atoms with van der Waals surface area (Å²) in [5.74, 6) is -0.524. The lowest BCUT2D eigenvalue weighted by Gasteiger charge is -2.17. The van der Waals surface area contributed by atoms with Gasteiger partial charge in [0.1, 0.15) is 6.04 Å². The average molecular weight is 371 g/mol. The van der Waals surface area contributed by atoms with Crippen LogP contribution in [0.25, 0.3) is 0 Å². The molecule has 0 saturated carbocycles. The fourth-order valence-electron chi connectivity index (χ4n) is 2.30. The molecule has 0 saturated heterocycles. The highest BCUT2D eigenvalue weighted by atomic mass is 32.1. The molecule has 3 rings (SSSR count). The summed E-state index contributed by atoms with van der Waals surface area (Å²) in [7, 11) is 0. The van der Waals surface area contributed by atoms with Crippen LogP contribution in [0.5, 0.6) is 0 Å². The minimum Gasteiger partial charge on any atom is -0.339 e. The second-order valence-corrected chi connectivity index (χ2v) is 7.28. The molecular weight excluding hydrogens is 354 g/mol. The fourth-order valence-corrected chi connectivity index (χ4v) is 3.62. The van der Waals surface area contributed by atoms with Gasteiger partial charge in [0.15, 0.2) is 5.13 Å². The summed E-state index contributed by atoms with van der Waals surface area (Å²) < 4.78 is 0. The Kier molecular flexibility index (Phi) is 5.57. The van der Waals surface area contributed by atoms with Crippen LogP contribution in [0.2, 0.25) is 0 Å². The van der Waals surface area contributed by atoms with Gasteiger partial charge in [0.25, 0.3) is 5.91 Å². The molecule has 2 aromatic heterocycles. The van der Waals surface area contributed by atoms with Crippen LogP contribution in [-0.4, -0.2) is 22.8 Å². The molecule has 2 heterocycles. The van der Waals surface area contributed by atoms with Crippen LogP contribution >= 0.6 is 22.7 Å². The molecular formula is C18H17N3O2S2. The number of nitrogens with one attached hydrogen (secondary N) is 2. The first-order chi connectivity index (χ1) is 12.1. The number of thiophene rings is 1. The third-order valence-corrected chi connectivity index (χ3v) is 5.24. The Bertz CT molecular complexity index is 844. The zero-order valence-corrected chi connectivity index (χ0v) is 15.2. The van der Waals surface area contributed by atoms with Crippen molar-refractivity contribution in [3.8, 4) is 0 Å². The molecule has 1 unspecified atom stereocenters. The molecule has 1 atom stereocenters. The molecule has 0 aliphatic rings. The van der Waals surface area contributed by atoms with Gasteiger partial charge in [0, 0.05) is 11.8 Å². The highest BCUT2D eigenvalue weighted by Crippen LogP contribution is 2.16. The van der Waals surface area contributed by atoms with Gasteiger partial charge in [-0.2, -0.15) is 0 Å². The first kappa shape index (κ1) is 17.3. The van der Waals surface area contributed by atoms with Gasteiger partial charge in [0.2, 0.25) is 5.91 Å². The second-order valence-electron chi connectivity index (χ2n) is 5.48. The molecule has 7 heteroatoms. The van der Waals surface area contributed by atoms with E-state index in [0.717, 1.165) is 11.3 Å². The summed E-state index contributed by atoms with van der Waals surface area (Å²) in [4.78, 5) is 29.9. The van der Waals surface area contributed by atoms with Crippen molar-refractivity contribution in [3.63, 3.8) is 0 Å². The molecule has 128 valence electrons. The average Bonchev–Trinajstić information content (AvgIpc) is 3.27. The number of benzene rings is 1. The molecule has 5 nitrogen and oxygen atoms in total. The first-order valence-corrected chi connectivity index (χ1v) is 9.49. The highest BCUT2D eigenvalue weighted by molar-refractivity contribution is 7.14. The van der Waals surface area contributed by atoms with Crippen molar-refractivity contribution in [1.82, 2.24) is 10.3 Å². The van der Waals surface area contributed by atoms with Crippen molar-refractivity contribution >= 4 is 39.6 Å². The minimum atomic E-state index is -0.679. The standard InChI is InChI=1S/C18H17N3O2S2/c1-12-11-25-18(19-12)21-16(22)14(10-13-6-3-2-4-7-13)20-17(23)15-8-5-9-24-15/h2-9,11,14H,10H2,1H3,(H,20,23)(H,19,21,22). The summed E-state index contributed by atoms with van der Waals surface area (Å²) in [6.07, 6.45) is 0.411. The number of anilines is 1. The monoisotopic (exact) mass is 371 g/mol. The molecule has 0 aliphatic carbocycles. The van der Waals surface area contributed by atoms with Gasteiger partial charge in [-0.05, 0) is 23.9 Å². The van der Waals surface area contributed by atoms with E-state index < -0.39 is 6.04 Å². The van der Waals surface area contributed by atoms with Crippen molar-refractivity contribution in [2.75, 3.05) is 5.32 Å². The van der Waals surface area contributed by atoms with E-state index in [2.05, 4.69) is 15.6 Å². The van der Waals surface area contributed by atoms with E-state index in [1.165, 1.54) is 22.7 Å². The van der Waals surface area contributed by atoms with E-state index in [1.807, 2.05) is 54.1 Å². The Morgan fingerprint density at radius 3 is 2.56 bits per heavy atom. The maximum absolute atomic E-state index is 12.7. The number of carbonyl (C=O) groups excluding carboxylic acids is 2. The lowest BCUT2D eigenvalue weighted by Crippen LogP contribution is -2.45. The van der Waals surface area contributed by atoms with E-state index in [9.17, 15) is 9.59 Å². The van der Waals surface area contributed by atoms with Gasteiger partial charge in [-0.3, -0.25) is 9.59 Å². The Morgan fingerprint density at radius 1 is 1.12 bits per heavy atom. The number of aromatic nitrogens is 1. The molecule has 0 aliphatic heterocycles. The Labute approximate surface area is 153 Å². The zero-order valence-electron chi connectivity index (χ0n) is 13.6. The molecule has 25 heavy (non-hydrogen) atoms. The molecule has 0 spiro atoms. The van der Waals surface area contributed by atoms with Crippen LogP contribution < -0.4 is 10.6 Å². The van der Waals surface area contributed by atoms with Crippen molar-refractivity contribution in [2.45, 2.75) is 19.4 Å². The predicted molar refractivity (Wildman–Crippen MR) is 101 cm³/mol. The van der Waals surface area contributed by atoms with Crippen LogP contribution in [-0.2, 0) is 11.2 Å². The highest BCUT2D eigenvalue weighted by Gasteiger charge is 2.23. The smallest absolute Gasteiger partial charge is 0.262 e. The number of rotatable bonds is 6. The summed E-state index contributed by atoms with van der Waals surface area (Å²) in [5.41, 5.74) is 1.83. The number of hydrogen-bond donors (Lipinski definition) is 2. The molecule has 2 N–H and O–H groups in total. The fraction of sp³-hybridized carbons (Fsp3) is 0.167. The molecule has 3 aromatic rings. The van der Waals surface area contributed by atoms with Crippen molar-refractivity contribution < 1.29 is 9.59 Å². The summed E-state index contributed by atoms with van der Waals surface area (Å²) in [6, 6.07) is 12.5. The largest absolute Gasteiger partial charge is 0.339 e. The zero-order chi connectivity index (χ0) is 17.6. The quantitative estimate of drug-likeness (QED) is 0.697. The topological polar surface area (TPSA) is 71.1 Å². The minimum absolute atomic E-state index is 0.249. The van der Waals surface area contributed by atoms with Gasteiger partial charge in [-0.25, -0.2) is 4.98 Å². The maximum atomic E-state index is 12.7. The molecule has 0 fully saturated rings. The number of aryl methyl sites for hydroxylation is 1. The van der Waals surface area contributed by atoms with E-state index >= 15 is 0 Å². The summed E-state index contributed by atoms with van der Waals surface area (Å²) in [6.45, 7) is 1.87. The Hall–Kier alpha value is -2.51. The summed E-state index contributed by atoms with van der Waals surface area (Å²) in [5, 5.41) is 9.86. The molecule has 0 bridgehead atoms. The van der Waals surface area contributed by atoms with Gasteiger partial charge in [0.05, 0.1) is 10.6 Å². The van der Waals surface area contributed by atoms with Crippen molar-refractivity contribution in [2.24, 2.45) is 0 Å². The van der Waals surface area contributed by atoms with E-state index in [-0.39, 0.29) is 11.8 Å². The number of hydrogen-bond acceptors (Lipinski definition) is 5. The van der Waals surface area contributed by atoms with Crippen LogP contribution in [0.1, 0.15) is 20.9 Å². The van der Waals surface area contributed by atoms with Crippen molar-refractivity contribution in [3.05, 3.63) is 69.4 Å². The number of thiazole rings is 1. The van der Waals surface area contributed by atoms with Gasteiger partial charge >= 0.3 is 0 Å². The Balaban J connectivity index is 1.75. The van der Waals surface area contributed by atoms with Gasteiger partial charge in [-0.15, -0.1) is 22.7 Å². The van der Waals surface area contributed by atoms with Gasteiger partial charge < -0.3 is 10.6 Å². The van der Waals surface area contributed by atoms with E-state index in [0.29, 0.717) is 16.4 Å². The molecule has 2 amide bonds. The van der Waals surface area contributed by atoms with E-state index in [1.54, 1.807) is 6.07 Å². The van der Waals surface area contributed by atoms with Crippen LogP contribution in [0.15, 0.2) is 53.2 Å².